The van der Waals surface area contributed by atoms with E-state index >= 15 is 0 Å². The number of benzene rings is 2. The maximum Gasteiger partial charge on any atom is 0.300 e. The largest absolute Gasteiger partial charge is 0.507 e. The summed E-state index contributed by atoms with van der Waals surface area (Å²) in [7, 11) is 0. The van der Waals surface area contributed by atoms with Crippen LogP contribution >= 0.6 is 11.3 Å². The molecule has 6 heteroatoms. The minimum Gasteiger partial charge on any atom is -0.507 e. The quantitative estimate of drug-likeness (QED) is 0.333. The summed E-state index contributed by atoms with van der Waals surface area (Å²) in [4.78, 5) is 28.5. The number of anilines is 1. The van der Waals surface area contributed by atoms with Crippen LogP contribution < -0.4 is 9.64 Å². The number of ether oxygens (including phenoxy) is 1. The molecule has 0 aliphatic carbocycles. The standard InChI is InChI=1S/C25H23NO4S/c1-4-30-19-11-10-17(14-16(19)3)23(27)21-22(20-9-6-12-31-20)26(25(29)24(21)28)18-8-5-7-15(2)13-18/h5-14,22,27H,4H2,1-3H3/b23-21-. The lowest BCUT2D eigenvalue weighted by Crippen LogP contribution is -2.29. The molecule has 1 fully saturated rings. The number of nitrogens with zero attached hydrogens (tertiary/aromatic N) is 1. The summed E-state index contributed by atoms with van der Waals surface area (Å²) in [5.41, 5.74) is 3.02. The summed E-state index contributed by atoms with van der Waals surface area (Å²) < 4.78 is 5.58. The van der Waals surface area contributed by atoms with Gasteiger partial charge in [0.1, 0.15) is 17.6 Å². The van der Waals surface area contributed by atoms with Crippen LogP contribution in [0.15, 0.2) is 65.6 Å². The summed E-state index contributed by atoms with van der Waals surface area (Å²) in [6.45, 7) is 6.25. The number of carbonyl (C=O) groups excluding carboxylic acids is 2. The summed E-state index contributed by atoms with van der Waals surface area (Å²) in [5, 5.41) is 13.1. The van der Waals surface area contributed by atoms with Crippen LogP contribution in [0.4, 0.5) is 5.69 Å². The molecule has 1 unspecified atom stereocenters. The number of thiophene rings is 1. The van der Waals surface area contributed by atoms with Crippen molar-refractivity contribution in [2.75, 3.05) is 11.5 Å². The van der Waals surface area contributed by atoms with Gasteiger partial charge < -0.3 is 9.84 Å². The molecule has 1 amide bonds. The highest BCUT2D eigenvalue weighted by molar-refractivity contribution is 7.10. The highest BCUT2D eigenvalue weighted by atomic mass is 32.1. The predicted octanol–water partition coefficient (Wildman–Crippen LogP) is 5.39. The van der Waals surface area contributed by atoms with Gasteiger partial charge in [-0.15, -0.1) is 11.3 Å². The second kappa shape index (κ2) is 8.40. The number of hydrogen-bond acceptors (Lipinski definition) is 5. The molecule has 0 spiro atoms. The van der Waals surface area contributed by atoms with Crippen molar-refractivity contribution in [3.05, 3.63) is 87.1 Å². The first-order valence-corrected chi connectivity index (χ1v) is 10.9. The fraction of sp³-hybridized carbons (Fsp3) is 0.200. The Bertz CT molecular complexity index is 1180. The molecular weight excluding hydrogens is 410 g/mol. The van der Waals surface area contributed by atoms with E-state index < -0.39 is 17.7 Å². The van der Waals surface area contributed by atoms with E-state index in [1.54, 1.807) is 24.3 Å². The van der Waals surface area contributed by atoms with E-state index in [1.165, 1.54) is 16.2 Å². The summed E-state index contributed by atoms with van der Waals surface area (Å²) >= 11 is 1.44. The van der Waals surface area contributed by atoms with Crippen molar-refractivity contribution in [2.45, 2.75) is 26.8 Å². The third-order valence-electron chi connectivity index (χ3n) is 5.29. The van der Waals surface area contributed by atoms with Crippen LogP contribution in [0.5, 0.6) is 5.75 Å². The lowest BCUT2D eigenvalue weighted by atomic mass is 9.98. The fourth-order valence-corrected chi connectivity index (χ4v) is 4.69. The Labute approximate surface area is 185 Å². The third kappa shape index (κ3) is 3.75. The zero-order chi connectivity index (χ0) is 22.1. The van der Waals surface area contributed by atoms with Crippen molar-refractivity contribution in [1.82, 2.24) is 0 Å². The van der Waals surface area contributed by atoms with Crippen LogP contribution in [0.25, 0.3) is 5.76 Å². The molecule has 2 aromatic carbocycles. The van der Waals surface area contributed by atoms with Crippen molar-refractivity contribution >= 4 is 34.5 Å². The Morgan fingerprint density at radius 1 is 1.10 bits per heavy atom. The first-order valence-electron chi connectivity index (χ1n) is 10.1. The minimum absolute atomic E-state index is 0.0949. The van der Waals surface area contributed by atoms with Gasteiger partial charge in [-0.2, -0.15) is 0 Å². The number of ketones is 1. The Balaban J connectivity index is 1.88. The van der Waals surface area contributed by atoms with Crippen LogP contribution in [-0.2, 0) is 9.59 Å². The number of hydrogen-bond donors (Lipinski definition) is 1. The molecule has 5 nitrogen and oxygen atoms in total. The molecule has 4 rings (SSSR count). The molecule has 1 saturated heterocycles. The Morgan fingerprint density at radius 2 is 1.90 bits per heavy atom. The SMILES string of the molecule is CCOc1ccc(/C(O)=C2/C(=O)C(=O)N(c3cccc(C)c3)C2c2cccs2)cc1C. The average Bonchev–Trinajstić information content (AvgIpc) is 3.36. The van der Waals surface area contributed by atoms with E-state index in [1.807, 2.05) is 56.5 Å². The van der Waals surface area contributed by atoms with Crippen LogP contribution in [0, 0.1) is 13.8 Å². The summed E-state index contributed by atoms with van der Waals surface area (Å²) in [6.07, 6.45) is 0. The molecular formula is C25H23NO4S. The molecule has 158 valence electrons. The monoisotopic (exact) mass is 433 g/mol. The van der Waals surface area contributed by atoms with Gasteiger partial charge in [-0.1, -0.05) is 18.2 Å². The van der Waals surface area contributed by atoms with Gasteiger partial charge in [-0.3, -0.25) is 14.5 Å². The van der Waals surface area contributed by atoms with Crippen molar-refractivity contribution in [2.24, 2.45) is 0 Å². The van der Waals surface area contributed by atoms with Gasteiger partial charge in [-0.25, -0.2) is 0 Å². The summed E-state index contributed by atoms with van der Waals surface area (Å²) in [6, 6.07) is 15.8. The number of aryl methyl sites for hydroxylation is 2. The van der Waals surface area contributed by atoms with Gasteiger partial charge >= 0.3 is 0 Å². The predicted molar refractivity (Wildman–Crippen MR) is 123 cm³/mol. The normalized spacial score (nSPS) is 17.9. The highest BCUT2D eigenvalue weighted by Gasteiger charge is 2.47. The van der Waals surface area contributed by atoms with E-state index in [2.05, 4.69) is 0 Å². The van der Waals surface area contributed by atoms with E-state index in [0.717, 1.165) is 16.0 Å². The fourth-order valence-electron chi connectivity index (χ4n) is 3.86. The van der Waals surface area contributed by atoms with Crippen LogP contribution in [0.2, 0.25) is 0 Å². The molecule has 0 saturated carbocycles. The van der Waals surface area contributed by atoms with E-state index in [-0.39, 0.29) is 11.3 Å². The molecule has 1 aliphatic heterocycles. The molecule has 0 radical (unpaired) electrons. The molecule has 31 heavy (non-hydrogen) atoms. The van der Waals surface area contributed by atoms with Crippen LogP contribution in [0.3, 0.4) is 0 Å². The Morgan fingerprint density at radius 3 is 2.55 bits per heavy atom. The smallest absolute Gasteiger partial charge is 0.300 e. The number of aliphatic hydroxyl groups excluding tert-OH is 1. The number of amides is 1. The highest BCUT2D eigenvalue weighted by Crippen LogP contribution is 2.43. The summed E-state index contributed by atoms with van der Waals surface area (Å²) in [5.74, 6) is -0.802. The van der Waals surface area contributed by atoms with Gasteiger partial charge in [0.15, 0.2) is 0 Å². The lowest BCUT2D eigenvalue weighted by molar-refractivity contribution is -0.132. The first kappa shape index (κ1) is 20.9. The molecule has 3 aromatic rings. The number of aliphatic hydroxyl groups is 1. The van der Waals surface area contributed by atoms with Gasteiger partial charge in [-0.05, 0) is 73.7 Å². The Hall–Kier alpha value is -3.38. The average molecular weight is 434 g/mol. The van der Waals surface area contributed by atoms with E-state index in [9.17, 15) is 14.7 Å². The van der Waals surface area contributed by atoms with E-state index in [4.69, 9.17) is 4.74 Å². The Kier molecular flexibility index (Phi) is 5.65. The van der Waals surface area contributed by atoms with Crippen LogP contribution in [-0.4, -0.2) is 23.4 Å². The molecule has 2 heterocycles. The second-order valence-corrected chi connectivity index (χ2v) is 8.42. The van der Waals surface area contributed by atoms with Crippen LogP contribution in [0.1, 0.15) is 34.5 Å². The number of rotatable bonds is 5. The number of carbonyl (C=O) groups is 2. The van der Waals surface area contributed by atoms with Gasteiger partial charge in [0.2, 0.25) is 0 Å². The van der Waals surface area contributed by atoms with Gasteiger partial charge in [0.05, 0.1) is 12.2 Å². The molecule has 1 aromatic heterocycles. The van der Waals surface area contributed by atoms with E-state index in [0.29, 0.717) is 23.6 Å². The maximum absolute atomic E-state index is 13.1. The molecule has 1 atom stereocenters. The zero-order valence-electron chi connectivity index (χ0n) is 17.6. The zero-order valence-corrected chi connectivity index (χ0v) is 18.4. The van der Waals surface area contributed by atoms with Crippen molar-refractivity contribution < 1.29 is 19.4 Å². The van der Waals surface area contributed by atoms with Crippen molar-refractivity contribution in [3.8, 4) is 5.75 Å². The first-order chi connectivity index (χ1) is 14.9. The number of Topliss-reactive ketones (excluding diaryl/α,β-unsaturated/α-hetero) is 1. The van der Waals surface area contributed by atoms with Crippen molar-refractivity contribution in [3.63, 3.8) is 0 Å². The van der Waals surface area contributed by atoms with Gasteiger partial charge in [0, 0.05) is 16.1 Å². The minimum atomic E-state index is -0.691. The molecule has 1 aliphatic rings. The topological polar surface area (TPSA) is 66.8 Å². The van der Waals surface area contributed by atoms with Crippen molar-refractivity contribution in [1.29, 1.82) is 0 Å². The maximum atomic E-state index is 13.1. The molecule has 0 bridgehead atoms. The molecule has 1 N–H and O–H groups in total. The van der Waals surface area contributed by atoms with Gasteiger partial charge in [0.25, 0.3) is 11.7 Å². The lowest BCUT2D eigenvalue weighted by Gasteiger charge is -2.24. The second-order valence-electron chi connectivity index (χ2n) is 7.44. The third-order valence-corrected chi connectivity index (χ3v) is 6.21.